The van der Waals surface area contributed by atoms with Crippen molar-refractivity contribution in [2.45, 2.75) is 32.6 Å². The summed E-state index contributed by atoms with van der Waals surface area (Å²) in [5.41, 5.74) is 4.04. The Morgan fingerprint density at radius 2 is 1.82 bits per heavy atom. The van der Waals surface area contributed by atoms with Crippen LogP contribution >= 0.6 is 0 Å². The van der Waals surface area contributed by atoms with Crippen molar-refractivity contribution in [2.24, 2.45) is 5.92 Å². The summed E-state index contributed by atoms with van der Waals surface area (Å²) in [6, 6.07) is 15.0. The fourth-order valence-corrected chi connectivity index (χ4v) is 4.74. The van der Waals surface area contributed by atoms with Crippen LogP contribution in [-0.4, -0.2) is 41.4 Å². The quantitative estimate of drug-likeness (QED) is 0.627. The van der Waals surface area contributed by atoms with Crippen LogP contribution in [0.3, 0.4) is 0 Å². The molecule has 2 aliphatic rings. The molecule has 4 heterocycles. The van der Waals surface area contributed by atoms with Crippen LogP contribution in [0.4, 0.5) is 17.2 Å². The summed E-state index contributed by atoms with van der Waals surface area (Å²) in [6.07, 6.45) is 6.70. The number of piperidine rings is 1. The number of pyridine rings is 2. The number of amides is 2. The van der Waals surface area contributed by atoms with E-state index in [0.717, 1.165) is 60.8 Å². The van der Waals surface area contributed by atoms with Gasteiger partial charge >= 0.3 is 0 Å². The second kappa shape index (κ2) is 9.63. The zero-order chi connectivity index (χ0) is 23.5. The Morgan fingerprint density at radius 1 is 1.00 bits per heavy atom. The molecule has 1 saturated heterocycles. The smallest absolute Gasteiger partial charge is 0.259 e. The van der Waals surface area contributed by atoms with Crippen molar-refractivity contribution in [3.63, 3.8) is 0 Å². The van der Waals surface area contributed by atoms with Crippen molar-refractivity contribution in [3.8, 4) is 0 Å². The van der Waals surface area contributed by atoms with Crippen molar-refractivity contribution in [1.29, 1.82) is 0 Å². The van der Waals surface area contributed by atoms with E-state index in [1.165, 1.54) is 0 Å². The molecule has 2 amide bonds. The molecule has 0 spiro atoms. The first-order chi connectivity index (χ1) is 16.6. The van der Waals surface area contributed by atoms with E-state index < -0.39 is 0 Å². The van der Waals surface area contributed by atoms with Crippen LogP contribution in [0.2, 0.25) is 0 Å². The Kier molecular flexibility index (Phi) is 6.25. The molecule has 0 unspecified atom stereocenters. The number of carbonyl (C=O) groups excluding carboxylic acids is 2. The Hall–Kier alpha value is -3.74. The van der Waals surface area contributed by atoms with E-state index in [1.807, 2.05) is 47.4 Å². The molecule has 0 aliphatic carbocycles. The molecule has 2 aliphatic heterocycles. The molecule has 3 aromatic rings. The van der Waals surface area contributed by atoms with Gasteiger partial charge in [-0.15, -0.1) is 0 Å². The SMILES string of the molecule is CC1CCN(c2ncccc2C(=O)Nc2ccc3c(c2)CCN3C(=O)Cc2ccccn2)CC1. The van der Waals surface area contributed by atoms with Crippen LogP contribution in [0.1, 0.15) is 41.4 Å². The van der Waals surface area contributed by atoms with Gasteiger partial charge in [0.1, 0.15) is 5.82 Å². The average molecular weight is 456 g/mol. The van der Waals surface area contributed by atoms with E-state index in [2.05, 4.69) is 27.1 Å². The molecule has 34 heavy (non-hydrogen) atoms. The van der Waals surface area contributed by atoms with Gasteiger partial charge in [0.15, 0.2) is 0 Å². The lowest BCUT2D eigenvalue weighted by atomic mass is 9.99. The number of rotatable bonds is 5. The molecule has 1 aromatic carbocycles. The number of aromatic nitrogens is 2. The van der Waals surface area contributed by atoms with Crippen molar-refractivity contribution in [2.75, 3.05) is 34.8 Å². The first-order valence-electron chi connectivity index (χ1n) is 11.9. The third-order valence-corrected chi connectivity index (χ3v) is 6.71. The van der Waals surface area contributed by atoms with Crippen molar-refractivity contribution in [3.05, 3.63) is 77.7 Å². The topological polar surface area (TPSA) is 78.4 Å². The molecule has 7 nitrogen and oxygen atoms in total. The molecule has 1 fully saturated rings. The maximum Gasteiger partial charge on any atom is 0.259 e. The van der Waals surface area contributed by atoms with Gasteiger partial charge in [-0.1, -0.05) is 13.0 Å². The number of benzene rings is 1. The standard InChI is InChI=1S/C27H29N5O2/c1-19-9-14-31(15-10-19)26-23(6-4-13-29-26)27(34)30-22-7-8-24-20(17-22)11-16-32(24)25(33)18-21-5-2-3-12-28-21/h2-8,12-13,17,19H,9-11,14-16,18H2,1H3,(H,30,34). The summed E-state index contributed by atoms with van der Waals surface area (Å²) in [4.78, 5) is 38.8. The van der Waals surface area contributed by atoms with Gasteiger partial charge in [-0.3, -0.25) is 14.6 Å². The van der Waals surface area contributed by atoms with E-state index in [4.69, 9.17) is 0 Å². The summed E-state index contributed by atoms with van der Waals surface area (Å²) in [5.74, 6) is 1.33. The predicted octanol–water partition coefficient (Wildman–Crippen LogP) is 4.10. The molecule has 0 saturated carbocycles. The number of anilines is 3. The Bertz CT molecular complexity index is 1190. The number of hydrogen-bond acceptors (Lipinski definition) is 5. The number of hydrogen-bond donors (Lipinski definition) is 1. The summed E-state index contributed by atoms with van der Waals surface area (Å²) in [6.45, 7) is 4.74. The van der Waals surface area contributed by atoms with Crippen molar-refractivity contribution < 1.29 is 9.59 Å². The fourth-order valence-electron chi connectivity index (χ4n) is 4.74. The summed E-state index contributed by atoms with van der Waals surface area (Å²) < 4.78 is 0. The third-order valence-electron chi connectivity index (χ3n) is 6.71. The maximum atomic E-state index is 13.2. The molecule has 0 radical (unpaired) electrons. The van der Waals surface area contributed by atoms with Gasteiger partial charge in [-0.05, 0) is 73.2 Å². The third kappa shape index (κ3) is 4.64. The van der Waals surface area contributed by atoms with Crippen LogP contribution < -0.4 is 15.1 Å². The molecule has 0 bridgehead atoms. The Balaban J connectivity index is 1.29. The first-order valence-corrected chi connectivity index (χ1v) is 11.9. The number of carbonyl (C=O) groups is 2. The minimum absolute atomic E-state index is 0.0325. The minimum Gasteiger partial charge on any atom is -0.356 e. The lowest BCUT2D eigenvalue weighted by molar-refractivity contribution is -0.117. The fraction of sp³-hybridized carbons (Fsp3) is 0.333. The molecular formula is C27H29N5O2. The average Bonchev–Trinajstić information content (AvgIpc) is 3.29. The van der Waals surface area contributed by atoms with E-state index in [0.29, 0.717) is 18.0 Å². The summed E-state index contributed by atoms with van der Waals surface area (Å²) in [5, 5.41) is 3.04. The Morgan fingerprint density at radius 3 is 2.62 bits per heavy atom. The molecule has 2 aromatic heterocycles. The molecule has 0 atom stereocenters. The summed E-state index contributed by atoms with van der Waals surface area (Å²) in [7, 11) is 0. The van der Waals surface area contributed by atoms with Crippen LogP contribution in [0.15, 0.2) is 60.9 Å². The molecule has 5 rings (SSSR count). The minimum atomic E-state index is -0.164. The van der Waals surface area contributed by atoms with Gasteiger partial charge < -0.3 is 15.1 Å². The highest BCUT2D eigenvalue weighted by molar-refractivity contribution is 6.08. The normalized spacial score (nSPS) is 15.8. The van der Waals surface area contributed by atoms with Gasteiger partial charge in [-0.25, -0.2) is 4.98 Å². The zero-order valence-electron chi connectivity index (χ0n) is 19.4. The van der Waals surface area contributed by atoms with E-state index in [-0.39, 0.29) is 18.2 Å². The van der Waals surface area contributed by atoms with Gasteiger partial charge in [0.05, 0.1) is 12.0 Å². The zero-order valence-corrected chi connectivity index (χ0v) is 19.4. The number of fused-ring (bicyclic) bond motifs is 1. The van der Waals surface area contributed by atoms with Gasteiger partial charge in [-0.2, -0.15) is 0 Å². The molecular weight excluding hydrogens is 426 g/mol. The van der Waals surface area contributed by atoms with Gasteiger partial charge in [0, 0.05) is 49.1 Å². The number of nitrogens with zero attached hydrogens (tertiary/aromatic N) is 4. The monoisotopic (exact) mass is 455 g/mol. The summed E-state index contributed by atoms with van der Waals surface area (Å²) >= 11 is 0. The van der Waals surface area contributed by atoms with Crippen molar-refractivity contribution in [1.82, 2.24) is 9.97 Å². The second-order valence-electron chi connectivity index (χ2n) is 9.13. The van der Waals surface area contributed by atoms with Gasteiger partial charge in [0.2, 0.25) is 5.91 Å². The lowest BCUT2D eigenvalue weighted by Gasteiger charge is -2.32. The maximum absolute atomic E-state index is 13.2. The van der Waals surface area contributed by atoms with Gasteiger partial charge in [0.25, 0.3) is 5.91 Å². The lowest BCUT2D eigenvalue weighted by Crippen LogP contribution is -2.35. The molecule has 7 heteroatoms. The van der Waals surface area contributed by atoms with E-state index in [9.17, 15) is 9.59 Å². The van der Waals surface area contributed by atoms with E-state index >= 15 is 0 Å². The van der Waals surface area contributed by atoms with Crippen LogP contribution in [0, 0.1) is 5.92 Å². The first kappa shape index (κ1) is 22.1. The molecule has 174 valence electrons. The van der Waals surface area contributed by atoms with Crippen molar-refractivity contribution >= 4 is 29.0 Å². The molecule has 1 N–H and O–H groups in total. The van der Waals surface area contributed by atoms with Crippen LogP contribution in [-0.2, 0) is 17.6 Å². The highest BCUT2D eigenvalue weighted by atomic mass is 16.2. The number of nitrogens with one attached hydrogen (secondary N) is 1. The highest BCUT2D eigenvalue weighted by Crippen LogP contribution is 2.32. The Labute approximate surface area is 199 Å². The van der Waals surface area contributed by atoms with Crippen LogP contribution in [0.5, 0.6) is 0 Å². The highest BCUT2D eigenvalue weighted by Gasteiger charge is 2.26. The largest absolute Gasteiger partial charge is 0.356 e. The van der Waals surface area contributed by atoms with Crippen LogP contribution in [0.25, 0.3) is 0 Å². The predicted molar refractivity (Wildman–Crippen MR) is 133 cm³/mol. The second-order valence-corrected chi connectivity index (χ2v) is 9.13. The van der Waals surface area contributed by atoms with E-state index in [1.54, 1.807) is 18.5 Å².